The second kappa shape index (κ2) is 4.92. The lowest BCUT2D eigenvalue weighted by molar-refractivity contribution is 0.683. The molecule has 54 valence electrons. The summed E-state index contributed by atoms with van der Waals surface area (Å²) in [5.74, 6) is 0.698. The van der Waals surface area contributed by atoms with Crippen molar-refractivity contribution >= 4 is 24.2 Å². The largest absolute Gasteiger partial charge is 0.313 e. The molecule has 0 heterocycles. The van der Waals surface area contributed by atoms with E-state index in [9.17, 15) is 0 Å². The Hall–Kier alpha value is 0.0900. The van der Waals surface area contributed by atoms with Gasteiger partial charge in [-0.2, -0.15) is 17.0 Å². The van der Waals surface area contributed by atoms with Gasteiger partial charge in [-0.15, -0.1) is 12.4 Å². The molecule has 0 spiro atoms. The Kier molecular flexibility index (Phi) is 6.47. The van der Waals surface area contributed by atoms with Gasteiger partial charge in [0.2, 0.25) is 0 Å². The summed E-state index contributed by atoms with van der Waals surface area (Å²) in [6.45, 7) is 1.73. The van der Waals surface area contributed by atoms with Crippen molar-refractivity contribution in [2.45, 2.75) is 12.5 Å². The van der Waals surface area contributed by atoms with Gasteiger partial charge < -0.3 is 5.73 Å². The van der Waals surface area contributed by atoms with Crippen molar-refractivity contribution in [2.24, 2.45) is 5.73 Å². The van der Waals surface area contributed by atoms with Crippen LogP contribution in [-0.2, 0) is 0 Å². The molecule has 2 N–H and O–H groups in total. The first-order valence-corrected chi connectivity index (χ1v) is 3.71. The standard InChI is InChI=1S/C5H10N2S.ClH/c1-5(7,3-6)4-8-2;/h4,7H2,1-2H3;1H. The van der Waals surface area contributed by atoms with E-state index in [-0.39, 0.29) is 12.4 Å². The van der Waals surface area contributed by atoms with Crippen LogP contribution in [0, 0.1) is 11.3 Å². The Labute approximate surface area is 66.2 Å². The van der Waals surface area contributed by atoms with Crippen molar-refractivity contribution < 1.29 is 0 Å². The van der Waals surface area contributed by atoms with Crippen molar-refractivity contribution in [3.8, 4) is 6.07 Å². The first-order chi connectivity index (χ1) is 3.62. The van der Waals surface area contributed by atoms with Gasteiger partial charge in [-0.05, 0) is 13.2 Å². The zero-order chi connectivity index (χ0) is 6.62. The second-order valence-electron chi connectivity index (χ2n) is 1.96. The Morgan fingerprint density at radius 2 is 2.22 bits per heavy atom. The van der Waals surface area contributed by atoms with Crippen LogP contribution in [0.1, 0.15) is 6.92 Å². The van der Waals surface area contributed by atoms with E-state index < -0.39 is 5.54 Å². The fraction of sp³-hybridized carbons (Fsp3) is 0.800. The second-order valence-corrected chi connectivity index (χ2v) is 2.83. The maximum Gasteiger partial charge on any atom is 0.110 e. The van der Waals surface area contributed by atoms with Gasteiger partial charge in [-0.25, -0.2) is 0 Å². The SMILES string of the molecule is CSCC(C)(N)C#N.Cl. The van der Waals surface area contributed by atoms with E-state index in [0.29, 0.717) is 5.75 Å². The first-order valence-electron chi connectivity index (χ1n) is 2.31. The molecule has 0 rings (SSSR count). The van der Waals surface area contributed by atoms with Gasteiger partial charge in [-0.1, -0.05) is 0 Å². The van der Waals surface area contributed by atoms with Crippen LogP contribution in [0.3, 0.4) is 0 Å². The lowest BCUT2D eigenvalue weighted by Crippen LogP contribution is -2.36. The van der Waals surface area contributed by atoms with Gasteiger partial charge >= 0.3 is 0 Å². The van der Waals surface area contributed by atoms with Crippen LogP contribution < -0.4 is 5.73 Å². The number of hydrogen-bond donors (Lipinski definition) is 1. The summed E-state index contributed by atoms with van der Waals surface area (Å²) in [6, 6.07) is 2.00. The lowest BCUT2D eigenvalue weighted by atomic mass is 10.1. The van der Waals surface area contributed by atoms with Crippen LogP contribution in [0.2, 0.25) is 0 Å². The summed E-state index contributed by atoms with van der Waals surface area (Å²) in [4.78, 5) is 0. The molecular formula is C5H11ClN2S. The van der Waals surface area contributed by atoms with E-state index in [1.54, 1.807) is 18.7 Å². The van der Waals surface area contributed by atoms with E-state index >= 15 is 0 Å². The lowest BCUT2D eigenvalue weighted by Gasteiger charge is -2.11. The highest BCUT2D eigenvalue weighted by Gasteiger charge is 2.14. The third kappa shape index (κ3) is 5.97. The van der Waals surface area contributed by atoms with Crippen molar-refractivity contribution in [3.05, 3.63) is 0 Å². The Bertz CT molecular complexity index is 108. The molecule has 0 aliphatic carbocycles. The van der Waals surface area contributed by atoms with E-state index in [1.165, 1.54) is 0 Å². The van der Waals surface area contributed by atoms with Gasteiger partial charge in [0.15, 0.2) is 0 Å². The summed E-state index contributed by atoms with van der Waals surface area (Å²) in [7, 11) is 0. The third-order valence-corrected chi connectivity index (χ3v) is 1.59. The summed E-state index contributed by atoms with van der Waals surface area (Å²) in [5.41, 5.74) is 4.81. The van der Waals surface area contributed by atoms with Crippen LogP contribution in [0.25, 0.3) is 0 Å². The van der Waals surface area contributed by atoms with Crippen molar-refractivity contribution in [1.82, 2.24) is 0 Å². The van der Waals surface area contributed by atoms with Crippen LogP contribution in [0.5, 0.6) is 0 Å². The monoisotopic (exact) mass is 166 g/mol. The van der Waals surface area contributed by atoms with Crippen LogP contribution in [0.15, 0.2) is 0 Å². The molecule has 2 nitrogen and oxygen atoms in total. The minimum absolute atomic E-state index is 0. The number of hydrogen-bond acceptors (Lipinski definition) is 3. The number of thioether (sulfide) groups is 1. The highest BCUT2D eigenvalue weighted by atomic mass is 35.5. The predicted molar refractivity (Wildman–Crippen MR) is 43.8 cm³/mol. The van der Waals surface area contributed by atoms with E-state index in [4.69, 9.17) is 11.0 Å². The Balaban J connectivity index is 0. The molecule has 0 aromatic rings. The number of nitrogens with zero attached hydrogens (tertiary/aromatic N) is 1. The fourth-order valence-electron chi connectivity index (χ4n) is 0.332. The van der Waals surface area contributed by atoms with Crippen LogP contribution in [-0.4, -0.2) is 17.5 Å². The minimum Gasteiger partial charge on any atom is -0.313 e. The minimum atomic E-state index is -0.639. The maximum absolute atomic E-state index is 8.34. The van der Waals surface area contributed by atoms with Crippen LogP contribution >= 0.6 is 24.2 Å². The smallest absolute Gasteiger partial charge is 0.110 e. The zero-order valence-corrected chi connectivity index (χ0v) is 7.18. The molecule has 0 aliphatic rings. The quantitative estimate of drug-likeness (QED) is 0.667. The Morgan fingerprint density at radius 1 is 1.78 bits per heavy atom. The molecule has 0 radical (unpaired) electrons. The maximum atomic E-state index is 8.34. The normalized spacial score (nSPS) is 14.9. The molecule has 1 unspecified atom stereocenters. The molecular weight excluding hydrogens is 156 g/mol. The van der Waals surface area contributed by atoms with Gasteiger partial charge in [0.05, 0.1) is 6.07 Å². The van der Waals surface area contributed by atoms with E-state index in [0.717, 1.165) is 0 Å². The zero-order valence-electron chi connectivity index (χ0n) is 5.55. The third-order valence-electron chi connectivity index (χ3n) is 0.700. The number of nitrogens with two attached hydrogens (primary N) is 1. The molecule has 0 aromatic carbocycles. The van der Waals surface area contributed by atoms with Crippen molar-refractivity contribution in [1.29, 1.82) is 5.26 Å². The van der Waals surface area contributed by atoms with E-state index in [1.807, 2.05) is 12.3 Å². The topological polar surface area (TPSA) is 49.8 Å². The molecule has 0 bridgehead atoms. The molecule has 0 saturated carbocycles. The molecule has 0 aromatic heterocycles. The van der Waals surface area contributed by atoms with Crippen LogP contribution in [0.4, 0.5) is 0 Å². The molecule has 0 fully saturated rings. The summed E-state index contributed by atoms with van der Waals surface area (Å²) >= 11 is 1.59. The predicted octanol–water partition coefficient (Wildman–Crippen LogP) is 1.01. The number of rotatable bonds is 2. The summed E-state index contributed by atoms with van der Waals surface area (Å²) < 4.78 is 0. The average Bonchev–Trinajstić information content (AvgIpc) is 1.67. The van der Waals surface area contributed by atoms with E-state index in [2.05, 4.69) is 0 Å². The van der Waals surface area contributed by atoms with Crippen molar-refractivity contribution in [3.63, 3.8) is 0 Å². The molecule has 4 heteroatoms. The van der Waals surface area contributed by atoms with Gasteiger partial charge in [-0.3, -0.25) is 0 Å². The number of nitriles is 1. The molecule has 0 saturated heterocycles. The van der Waals surface area contributed by atoms with Gasteiger partial charge in [0.1, 0.15) is 5.54 Å². The van der Waals surface area contributed by atoms with Gasteiger partial charge in [0.25, 0.3) is 0 Å². The van der Waals surface area contributed by atoms with Crippen molar-refractivity contribution in [2.75, 3.05) is 12.0 Å². The molecule has 1 atom stereocenters. The molecule has 0 aliphatic heterocycles. The highest BCUT2D eigenvalue weighted by molar-refractivity contribution is 7.98. The fourth-order valence-corrected chi connectivity index (χ4v) is 0.996. The molecule has 0 amide bonds. The number of halogens is 1. The molecule has 9 heavy (non-hydrogen) atoms. The average molecular weight is 167 g/mol. The van der Waals surface area contributed by atoms with Gasteiger partial charge in [0, 0.05) is 5.75 Å². The Morgan fingerprint density at radius 3 is 2.33 bits per heavy atom. The first kappa shape index (κ1) is 11.8. The highest BCUT2D eigenvalue weighted by Crippen LogP contribution is 2.04. The summed E-state index contributed by atoms with van der Waals surface area (Å²) in [5, 5.41) is 8.34. The summed E-state index contributed by atoms with van der Waals surface area (Å²) in [6.07, 6.45) is 1.93.